The van der Waals surface area contributed by atoms with Crippen LogP contribution in [-0.4, -0.2) is 34.8 Å². The molecule has 3 rings (SSSR count). The molecule has 0 fully saturated rings. The van der Waals surface area contributed by atoms with Crippen molar-refractivity contribution in [3.05, 3.63) is 78.0 Å². The van der Waals surface area contributed by atoms with E-state index in [1.807, 2.05) is 81.6 Å². The lowest BCUT2D eigenvalue weighted by molar-refractivity contribution is -0.143. The Hall–Kier alpha value is -3.67. The van der Waals surface area contributed by atoms with Gasteiger partial charge in [-0.1, -0.05) is 61.9 Å². The Morgan fingerprint density at radius 2 is 1.81 bits per heavy atom. The first kappa shape index (κ1) is 22.0. The number of amides is 1. The first-order valence-electron chi connectivity index (χ1n) is 10.3. The summed E-state index contributed by atoms with van der Waals surface area (Å²) in [5.74, 6) is -0.560. The topological polar surface area (TPSA) is 73.2 Å². The molecular weight excluding hydrogens is 390 g/mol. The molecule has 0 aliphatic rings. The molecule has 0 unspecified atom stereocenters. The zero-order chi connectivity index (χ0) is 22.2. The van der Waals surface area contributed by atoms with Gasteiger partial charge in [-0.05, 0) is 31.1 Å². The number of ether oxygens (including phenoxy) is 1. The third-order valence-corrected chi connectivity index (χ3v) is 4.54. The molecule has 0 saturated heterocycles. The molecule has 31 heavy (non-hydrogen) atoms. The minimum atomic E-state index is -0.581. The summed E-state index contributed by atoms with van der Waals surface area (Å²) in [5.41, 5.74) is 4.54. The molecule has 0 saturated carbocycles. The van der Waals surface area contributed by atoms with Crippen LogP contribution in [0.2, 0.25) is 0 Å². The number of hydrogen-bond donors (Lipinski definition) is 1. The normalized spacial score (nSPS) is 11.1. The largest absolute Gasteiger partial charge is 0.452 e. The smallest absolute Gasteiger partial charge is 0.331 e. The highest BCUT2D eigenvalue weighted by Gasteiger charge is 2.12. The van der Waals surface area contributed by atoms with E-state index >= 15 is 0 Å². The van der Waals surface area contributed by atoms with Gasteiger partial charge >= 0.3 is 5.97 Å². The van der Waals surface area contributed by atoms with Crippen molar-refractivity contribution in [2.24, 2.45) is 5.92 Å². The Labute approximate surface area is 182 Å². The fourth-order valence-corrected chi connectivity index (χ4v) is 2.87. The summed E-state index contributed by atoms with van der Waals surface area (Å²) in [6.45, 7) is 6.27. The van der Waals surface area contributed by atoms with Crippen LogP contribution >= 0.6 is 0 Å². The van der Waals surface area contributed by atoms with Crippen LogP contribution in [-0.2, 0) is 14.3 Å². The predicted molar refractivity (Wildman–Crippen MR) is 122 cm³/mol. The second-order valence-corrected chi connectivity index (χ2v) is 7.72. The first-order valence-corrected chi connectivity index (χ1v) is 10.3. The molecule has 0 bridgehead atoms. The van der Waals surface area contributed by atoms with Crippen molar-refractivity contribution >= 4 is 18.0 Å². The van der Waals surface area contributed by atoms with Gasteiger partial charge in [0.05, 0.1) is 11.4 Å². The number of hydrogen-bond acceptors (Lipinski definition) is 4. The van der Waals surface area contributed by atoms with Crippen LogP contribution in [0.3, 0.4) is 0 Å². The number of nitrogens with one attached hydrogen (secondary N) is 1. The maximum Gasteiger partial charge on any atom is 0.331 e. The van der Waals surface area contributed by atoms with Gasteiger partial charge in [0, 0.05) is 29.9 Å². The molecule has 0 radical (unpaired) electrons. The summed E-state index contributed by atoms with van der Waals surface area (Å²) in [6, 6.07) is 17.8. The van der Waals surface area contributed by atoms with Crippen molar-refractivity contribution in [3.8, 4) is 16.9 Å². The van der Waals surface area contributed by atoms with E-state index in [1.54, 1.807) is 10.8 Å². The third-order valence-electron chi connectivity index (χ3n) is 4.54. The molecule has 3 aromatic rings. The van der Waals surface area contributed by atoms with Gasteiger partial charge in [-0.15, -0.1) is 0 Å². The third kappa shape index (κ3) is 6.40. The average molecular weight is 418 g/mol. The standard InChI is InChI=1S/C25H27N3O3/c1-18(2)15-26-23(29)17-31-24(30)14-13-21-16-28(22-7-5-4-6-8-22)27-25(21)20-11-9-19(3)10-12-20/h4-14,16,18H,15,17H2,1-3H3,(H,26,29)/b14-13+. The lowest BCUT2D eigenvalue weighted by Crippen LogP contribution is -2.31. The number of aryl methyl sites for hydroxylation is 1. The van der Waals surface area contributed by atoms with Crippen LogP contribution < -0.4 is 5.32 Å². The van der Waals surface area contributed by atoms with E-state index in [2.05, 4.69) is 5.32 Å². The number of esters is 1. The minimum Gasteiger partial charge on any atom is -0.452 e. The van der Waals surface area contributed by atoms with Gasteiger partial charge in [0.25, 0.3) is 5.91 Å². The molecule has 0 aliphatic carbocycles. The molecule has 0 spiro atoms. The number of nitrogens with zero attached hydrogens (tertiary/aromatic N) is 2. The van der Waals surface area contributed by atoms with Crippen molar-refractivity contribution in [2.45, 2.75) is 20.8 Å². The number of rotatable bonds is 8. The molecule has 1 N–H and O–H groups in total. The van der Waals surface area contributed by atoms with Gasteiger partial charge in [-0.25, -0.2) is 9.48 Å². The number of benzene rings is 2. The van der Waals surface area contributed by atoms with E-state index in [0.717, 1.165) is 28.1 Å². The fraction of sp³-hybridized carbons (Fsp3) is 0.240. The summed E-state index contributed by atoms with van der Waals surface area (Å²) >= 11 is 0. The maximum absolute atomic E-state index is 12.1. The fourth-order valence-electron chi connectivity index (χ4n) is 2.87. The molecule has 1 aromatic heterocycles. The summed E-state index contributed by atoms with van der Waals surface area (Å²) in [5, 5.41) is 7.44. The Balaban J connectivity index is 1.77. The lowest BCUT2D eigenvalue weighted by atomic mass is 10.1. The second-order valence-electron chi connectivity index (χ2n) is 7.72. The first-order chi connectivity index (χ1) is 14.9. The van der Waals surface area contributed by atoms with Gasteiger partial charge < -0.3 is 10.1 Å². The highest BCUT2D eigenvalue weighted by molar-refractivity contribution is 5.90. The zero-order valence-corrected chi connectivity index (χ0v) is 18.0. The van der Waals surface area contributed by atoms with Gasteiger partial charge in [-0.3, -0.25) is 4.79 Å². The number of carbonyl (C=O) groups excluding carboxylic acids is 2. The molecule has 160 valence electrons. The molecule has 1 heterocycles. The van der Waals surface area contributed by atoms with Crippen LogP contribution in [0.25, 0.3) is 23.0 Å². The predicted octanol–water partition coefficient (Wildman–Crippen LogP) is 4.18. The molecule has 0 atom stereocenters. The molecule has 2 aromatic carbocycles. The summed E-state index contributed by atoms with van der Waals surface area (Å²) in [7, 11) is 0. The van der Waals surface area contributed by atoms with Crippen molar-refractivity contribution < 1.29 is 14.3 Å². The van der Waals surface area contributed by atoms with Crippen LogP contribution in [0.5, 0.6) is 0 Å². The van der Waals surface area contributed by atoms with Crippen molar-refractivity contribution in [3.63, 3.8) is 0 Å². The highest BCUT2D eigenvalue weighted by Crippen LogP contribution is 2.25. The van der Waals surface area contributed by atoms with Crippen molar-refractivity contribution in [2.75, 3.05) is 13.2 Å². The van der Waals surface area contributed by atoms with Crippen LogP contribution in [0.4, 0.5) is 0 Å². The van der Waals surface area contributed by atoms with Gasteiger partial charge in [0.2, 0.25) is 0 Å². The SMILES string of the molecule is Cc1ccc(-c2nn(-c3ccccc3)cc2/C=C/C(=O)OCC(=O)NCC(C)C)cc1. The molecule has 0 aliphatic heterocycles. The van der Waals surface area contributed by atoms with Gasteiger partial charge in [-0.2, -0.15) is 5.10 Å². The summed E-state index contributed by atoms with van der Waals surface area (Å²) in [4.78, 5) is 23.8. The quantitative estimate of drug-likeness (QED) is 0.441. The summed E-state index contributed by atoms with van der Waals surface area (Å²) in [6.07, 6.45) is 4.85. The molecule has 1 amide bonds. The van der Waals surface area contributed by atoms with Gasteiger partial charge in [0.15, 0.2) is 6.61 Å². The Morgan fingerprint density at radius 1 is 1.10 bits per heavy atom. The summed E-state index contributed by atoms with van der Waals surface area (Å²) < 4.78 is 6.82. The zero-order valence-electron chi connectivity index (χ0n) is 18.0. The van der Waals surface area contributed by atoms with E-state index in [9.17, 15) is 9.59 Å². The van der Waals surface area contributed by atoms with E-state index in [-0.39, 0.29) is 12.5 Å². The number of para-hydroxylation sites is 1. The molecular formula is C25H27N3O3. The highest BCUT2D eigenvalue weighted by atomic mass is 16.5. The van der Waals surface area contributed by atoms with E-state index in [0.29, 0.717) is 12.5 Å². The van der Waals surface area contributed by atoms with Crippen molar-refractivity contribution in [1.29, 1.82) is 0 Å². The lowest BCUT2D eigenvalue weighted by Gasteiger charge is -2.07. The Bertz CT molecular complexity index is 1050. The maximum atomic E-state index is 12.1. The average Bonchev–Trinajstić information content (AvgIpc) is 3.20. The van der Waals surface area contributed by atoms with Crippen molar-refractivity contribution in [1.82, 2.24) is 15.1 Å². The minimum absolute atomic E-state index is 0.302. The Morgan fingerprint density at radius 3 is 2.48 bits per heavy atom. The molecule has 6 nitrogen and oxygen atoms in total. The van der Waals surface area contributed by atoms with Crippen LogP contribution in [0.1, 0.15) is 25.0 Å². The van der Waals surface area contributed by atoms with Crippen LogP contribution in [0.15, 0.2) is 66.9 Å². The van der Waals surface area contributed by atoms with E-state index in [4.69, 9.17) is 9.84 Å². The monoisotopic (exact) mass is 417 g/mol. The number of aromatic nitrogens is 2. The van der Waals surface area contributed by atoms with E-state index < -0.39 is 5.97 Å². The Kier molecular flexibility index (Phi) is 7.38. The second kappa shape index (κ2) is 10.4. The van der Waals surface area contributed by atoms with Gasteiger partial charge in [0.1, 0.15) is 0 Å². The number of carbonyl (C=O) groups is 2. The van der Waals surface area contributed by atoms with E-state index in [1.165, 1.54) is 6.08 Å². The molecule has 6 heteroatoms. The van der Waals surface area contributed by atoms with Crippen LogP contribution in [0, 0.1) is 12.8 Å².